The predicted octanol–water partition coefficient (Wildman–Crippen LogP) is -1.43. The van der Waals surface area contributed by atoms with Gasteiger partial charge in [0.15, 0.2) is 0 Å². The second-order valence-corrected chi connectivity index (χ2v) is 1.35. The molecule has 5 heteroatoms. The van der Waals surface area contributed by atoms with E-state index in [2.05, 4.69) is 5.73 Å². The van der Waals surface area contributed by atoms with Crippen LogP contribution in [0.3, 0.4) is 0 Å². The van der Waals surface area contributed by atoms with Crippen LogP contribution in [0.2, 0.25) is 0 Å². The summed E-state index contributed by atoms with van der Waals surface area (Å²) in [6.07, 6.45) is 0.786. The lowest BCUT2D eigenvalue weighted by Crippen LogP contribution is -2.22. The minimum atomic E-state index is -0.728. The Labute approximate surface area is 51.8 Å². The average molecular weight is 131 g/mol. The van der Waals surface area contributed by atoms with Crippen molar-refractivity contribution in [2.24, 2.45) is 5.73 Å². The third kappa shape index (κ3) is 4.76. The van der Waals surface area contributed by atoms with E-state index >= 15 is 0 Å². The van der Waals surface area contributed by atoms with Crippen LogP contribution in [0.1, 0.15) is 6.42 Å². The van der Waals surface area contributed by atoms with Gasteiger partial charge in [-0.05, 0) is 0 Å². The van der Waals surface area contributed by atoms with E-state index in [1.807, 2.05) is 0 Å². The van der Waals surface area contributed by atoms with Gasteiger partial charge < -0.3 is 5.73 Å². The number of primary amides is 1. The van der Waals surface area contributed by atoms with Crippen molar-refractivity contribution < 1.29 is 14.8 Å². The maximum atomic E-state index is 10.1. The molecule has 0 saturated carbocycles. The van der Waals surface area contributed by atoms with E-state index in [4.69, 9.17) is 5.21 Å². The van der Waals surface area contributed by atoms with Gasteiger partial charge in [-0.1, -0.05) is 0 Å². The molecule has 0 atom stereocenters. The first-order valence-corrected chi connectivity index (χ1v) is 2.22. The molecule has 0 rings (SSSR count). The van der Waals surface area contributed by atoms with Crippen LogP contribution in [0.25, 0.3) is 0 Å². The zero-order valence-electron chi connectivity index (χ0n) is 4.63. The first-order chi connectivity index (χ1) is 4.16. The topological polar surface area (TPSA) is 92.4 Å². The molecule has 0 unspecified atom stereocenters. The van der Waals surface area contributed by atoms with Crippen LogP contribution in [-0.2, 0) is 9.59 Å². The molecule has 0 heterocycles. The van der Waals surface area contributed by atoms with E-state index in [9.17, 15) is 9.59 Å². The minimum absolute atomic E-state index is 0.160. The van der Waals surface area contributed by atoms with Gasteiger partial charge >= 0.3 is 0 Å². The van der Waals surface area contributed by atoms with Crippen LogP contribution >= 0.6 is 0 Å². The minimum Gasteiger partial charge on any atom is -0.370 e. The third-order valence-corrected chi connectivity index (χ3v) is 0.599. The lowest BCUT2D eigenvalue weighted by molar-refractivity contribution is -0.127. The summed E-state index contributed by atoms with van der Waals surface area (Å²) in [6.45, 7) is 0. The number of hydrogen-bond donors (Lipinski definition) is 3. The summed E-state index contributed by atoms with van der Waals surface area (Å²) in [5, 5.41) is 7.86. The van der Waals surface area contributed by atoms with Gasteiger partial charge in [0.2, 0.25) is 11.8 Å². The zero-order chi connectivity index (χ0) is 7.28. The van der Waals surface area contributed by atoms with Gasteiger partial charge in [0, 0.05) is 6.42 Å². The van der Waals surface area contributed by atoms with Crippen LogP contribution in [0, 0.1) is 6.42 Å². The van der Waals surface area contributed by atoms with Crippen LogP contribution in [-0.4, -0.2) is 17.0 Å². The Morgan fingerprint density at radius 1 is 1.67 bits per heavy atom. The Morgan fingerprint density at radius 3 is 2.56 bits per heavy atom. The summed E-state index contributed by atoms with van der Waals surface area (Å²) in [5.74, 6) is -1.34. The molecule has 0 aromatic rings. The summed E-state index contributed by atoms with van der Waals surface area (Å²) < 4.78 is 0. The monoisotopic (exact) mass is 131 g/mol. The van der Waals surface area contributed by atoms with Crippen LogP contribution < -0.4 is 11.2 Å². The lowest BCUT2D eigenvalue weighted by atomic mass is 10.3. The number of hydrogen-bond acceptors (Lipinski definition) is 3. The maximum absolute atomic E-state index is 10.1. The molecule has 0 fully saturated rings. The fraction of sp³-hybridized carbons (Fsp3) is 0.250. The highest BCUT2D eigenvalue weighted by molar-refractivity contribution is 5.89. The highest BCUT2D eigenvalue weighted by Crippen LogP contribution is 1.82. The number of carbonyl (C=O) groups excluding carboxylic acids is 2. The van der Waals surface area contributed by atoms with E-state index in [-0.39, 0.29) is 6.42 Å². The molecule has 0 aromatic carbocycles. The zero-order valence-corrected chi connectivity index (χ0v) is 4.63. The van der Waals surface area contributed by atoms with Crippen molar-refractivity contribution in [1.29, 1.82) is 0 Å². The Morgan fingerprint density at radius 2 is 2.22 bits per heavy atom. The molecule has 0 aliphatic carbocycles. The van der Waals surface area contributed by atoms with Crippen molar-refractivity contribution in [3.63, 3.8) is 0 Å². The smallest absolute Gasteiger partial charge is 0.247 e. The van der Waals surface area contributed by atoms with E-state index in [1.54, 1.807) is 0 Å². The van der Waals surface area contributed by atoms with Crippen LogP contribution in [0.5, 0.6) is 0 Å². The number of carbonyl (C=O) groups is 2. The second kappa shape index (κ2) is 3.85. The standard InChI is InChI=1S/C4H7N2O3/c5-3(7)1-2-4(8)6-9/h2,9H,1H2,(H2,5,7)(H,6,8). The first-order valence-electron chi connectivity index (χ1n) is 2.22. The highest BCUT2D eigenvalue weighted by Gasteiger charge is 2.01. The van der Waals surface area contributed by atoms with Gasteiger partial charge in [-0.2, -0.15) is 0 Å². The normalized spacial score (nSPS) is 8.56. The molecule has 0 aromatic heterocycles. The van der Waals surface area contributed by atoms with E-state index in [0.717, 1.165) is 6.42 Å². The van der Waals surface area contributed by atoms with Gasteiger partial charge in [-0.25, -0.2) is 5.48 Å². The SMILES string of the molecule is NC(=O)C[CH]C(=O)NO. The second-order valence-electron chi connectivity index (χ2n) is 1.35. The highest BCUT2D eigenvalue weighted by atomic mass is 16.5. The predicted molar refractivity (Wildman–Crippen MR) is 28.0 cm³/mol. The molecule has 2 amide bonds. The fourth-order valence-electron chi connectivity index (χ4n) is 0.239. The summed E-state index contributed by atoms with van der Waals surface area (Å²) in [5.41, 5.74) is 5.98. The molecule has 4 N–H and O–H groups in total. The van der Waals surface area contributed by atoms with Crippen molar-refractivity contribution in [2.75, 3.05) is 0 Å². The van der Waals surface area contributed by atoms with Gasteiger partial charge in [-0.3, -0.25) is 14.8 Å². The molecule has 9 heavy (non-hydrogen) atoms. The molecular formula is C4H7N2O3. The number of hydroxylamine groups is 1. The lowest BCUT2D eigenvalue weighted by Gasteiger charge is -1.92. The molecule has 0 spiro atoms. The van der Waals surface area contributed by atoms with E-state index < -0.39 is 11.8 Å². The van der Waals surface area contributed by atoms with Gasteiger partial charge in [-0.15, -0.1) is 0 Å². The molecule has 51 valence electrons. The van der Waals surface area contributed by atoms with Crippen molar-refractivity contribution in [3.8, 4) is 0 Å². The third-order valence-electron chi connectivity index (χ3n) is 0.599. The molecule has 0 aliphatic heterocycles. The number of nitrogens with two attached hydrogens (primary N) is 1. The van der Waals surface area contributed by atoms with Crippen molar-refractivity contribution in [2.45, 2.75) is 6.42 Å². The fourth-order valence-corrected chi connectivity index (χ4v) is 0.239. The Kier molecular flexibility index (Phi) is 3.38. The van der Waals surface area contributed by atoms with Gasteiger partial charge in [0.1, 0.15) is 0 Å². The number of rotatable bonds is 3. The average Bonchev–Trinajstić information content (AvgIpc) is 1.83. The van der Waals surface area contributed by atoms with Crippen LogP contribution in [0.15, 0.2) is 0 Å². The van der Waals surface area contributed by atoms with Crippen molar-refractivity contribution in [1.82, 2.24) is 5.48 Å². The van der Waals surface area contributed by atoms with Crippen LogP contribution in [0.4, 0.5) is 0 Å². The first kappa shape index (κ1) is 7.90. The molecule has 0 bridgehead atoms. The number of nitrogens with one attached hydrogen (secondary N) is 1. The summed E-state index contributed by atoms with van der Waals surface area (Å²) >= 11 is 0. The quantitative estimate of drug-likeness (QED) is 0.324. The van der Waals surface area contributed by atoms with Crippen molar-refractivity contribution >= 4 is 11.8 Å². The van der Waals surface area contributed by atoms with Gasteiger partial charge in [0.05, 0.1) is 6.42 Å². The summed E-state index contributed by atoms with van der Waals surface area (Å²) in [7, 11) is 0. The maximum Gasteiger partial charge on any atom is 0.247 e. The summed E-state index contributed by atoms with van der Waals surface area (Å²) in [6, 6.07) is 0. The van der Waals surface area contributed by atoms with E-state index in [1.165, 1.54) is 5.48 Å². The molecular weight excluding hydrogens is 124 g/mol. The molecule has 0 saturated heterocycles. The number of amides is 2. The Hall–Kier alpha value is -1.10. The molecule has 5 nitrogen and oxygen atoms in total. The summed E-state index contributed by atoms with van der Waals surface area (Å²) in [4.78, 5) is 20.0. The van der Waals surface area contributed by atoms with E-state index in [0.29, 0.717) is 0 Å². The van der Waals surface area contributed by atoms with Crippen molar-refractivity contribution in [3.05, 3.63) is 6.42 Å². The Balaban J connectivity index is 3.28. The van der Waals surface area contributed by atoms with Gasteiger partial charge in [0.25, 0.3) is 0 Å². The Bertz CT molecular complexity index is 123. The largest absolute Gasteiger partial charge is 0.370 e. The molecule has 0 aliphatic rings. The molecule has 1 radical (unpaired) electrons.